The lowest BCUT2D eigenvalue weighted by atomic mass is 10.3. The number of nitrogens with zero attached hydrogens (tertiary/aromatic N) is 8. The molecule has 0 unspecified atom stereocenters. The SMILES string of the molecule is [C-]#[N+]C(C#N)=Nc1cc(OC)c(-c2cc3c(s2)c2sc4c(sc5c6sc(-c7sc(N=C([N+]#[C-])[N+]#[C-])cc7OC)cc6n(C)c54)c2n3C)s1. The van der Waals surface area contributed by atoms with E-state index in [0.717, 1.165) is 30.5 Å². The standard InChI is InChI=1S/C32H16N8O2S6/c1-34-19(12-33)37-20-10-15(41-6)26(45-20)17-8-13-24(43-17)28-22(39(13)4)30-31(47-28)23-29(48-30)25-14(40(23)5)9-18(44-25)27-16(42-7)11-21(46-27)38-32(35-2)36-3/h8-11H,4-7H3. The predicted octanol–water partition coefficient (Wildman–Crippen LogP) is 11.1. The van der Waals surface area contributed by atoms with E-state index < -0.39 is 0 Å². The predicted molar refractivity (Wildman–Crippen MR) is 203 cm³/mol. The first kappa shape index (κ1) is 30.3. The lowest BCUT2D eigenvalue weighted by Gasteiger charge is -1.98. The van der Waals surface area contributed by atoms with Gasteiger partial charge >= 0.3 is 11.8 Å². The number of fused-ring (bicyclic) bond motifs is 9. The van der Waals surface area contributed by atoms with Gasteiger partial charge in [0, 0.05) is 25.2 Å². The number of methoxy groups -OCH3 is 2. The third-order valence-electron chi connectivity index (χ3n) is 7.80. The van der Waals surface area contributed by atoms with E-state index in [1.165, 1.54) is 61.9 Å². The summed E-state index contributed by atoms with van der Waals surface area (Å²) in [6.07, 6.45) is 0. The molecule has 8 aromatic rings. The van der Waals surface area contributed by atoms with Crippen molar-refractivity contribution in [2.24, 2.45) is 24.1 Å². The van der Waals surface area contributed by atoms with Gasteiger partial charge in [-0.3, -0.25) is 0 Å². The third-order valence-corrected chi connectivity index (χ3v) is 15.3. The first-order chi connectivity index (χ1) is 23.3. The maximum absolute atomic E-state index is 9.16. The Hall–Kier alpha value is -5.04. The van der Waals surface area contributed by atoms with Gasteiger partial charge in [0.25, 0.3) is 5.00 Å². The molecule has 0 N–H and O–H groups in total. The molecule has 0 amide bonds. The maximum Gasteiger partial charge on any atom is 0.635 e. The Bertz CT molecular complexity index is 2670. The van der Waals surface area contributed by atoms with E-state index in [2.05, 4.69) is 59.9 Å². The third kappa shape index (κ3) is 4.33. The fraction of sp³-hybridized carbons (Fsp3) is 0.125. The van der Waals surface area contributed by atoms with Crippen LogP contribution in [-0.4, -0.2) is 35.1 Å². The van der Waals surface area contributed by atoms with Crippen molar-refractivity contribution in [2.45, 2.75) is 0 Å². The zero-order valence-corrected chi connectivity index (χ0v) is 30.1. The van der Waals surface area contributed by atoms with Crippen LogP contribution in [0.25, 0.3) is 84.3 Å². The number of hydrogen-bond acceptors (Lipinski definition) is 11. The van der Waals surface area contributed by atoms with Gasteiger partial charge in [-0.15, -0.1) is 45.3 Å². The second-order valence-electron chi connectivity index (χ2n) is 10.2. The van der Waals surface area contributed by atoms with Gasteiger partial charge in [-0.1, -0.05) is 34.2 Å². The van der Waals surface area contributed by atoms with Gasteiger partial charge in [0.05, 0.1) is 90.1 Å². The molecular formula is C32H16N8O2S6. The highest BCUT2D eigenvalue weighted by atomic mass is 32.1. The highest BCUT2D eigenvalue weighted by Gasteiger charge is 2.27. The molecule has 0 bridgehead atoms. The van der Waals surface area contributed by atoms with Gasteiger partial charge in [-0.25, -0.2) is 15.0 Å². The Labute approximate surface area is 296 Å². The van der Waals surface area contributed by atoms with Crippen LogP contribution in [0, 0.1) is 31.0 Å². The number of aryl methyl sites for hydroxylation is 2. The molecule has 232 valence electrons. The highest BCUT2D eigenvalue weighted by Crippen LogP contribution is 2.55. The van der Waals surface area contributed by atoms with Crippen molar-refractivity contribution in [1.82, 2.24) is 9.13 Å². The molecule has 10 nitrogen and oxygen atoms in total. The molecule has 0 aromatic carbocycles. The number of rotatable bonds is 6. The molecule has 0 atom stereocenters. The average molecular weight is 737 g/mol. The Morgan fingerprint density at radius 1 is 0.667 bits per heavy atom. The summed E-state index contributed by atoms with van der Waals surface area (Å²) in [5, 5.41) is 10.3. The van der Waals surface area contributed by atoms with Crippen LogP contribution in [0.15, 0.2) is 34.3 Å². The first-order valence-electron chi connectivity index (χ1n) is 13.7. The lowest BCUT2D eigenvalue weighted by molar-refractivity contribution is 0.418. The molecule has 0 aliphatic rings. The highest BCUT2D eigenvalue weighted by molar-refractivity contribution is 7.40. The fourth-order valence-corrected chi connectivity index (χ4v) is 13.6. The van der Waals surface area contributed by atoms with Crippen LogP contribution in [0.2, 0.25) is 0 Å². The molecule has 0 radical (unpaired) electrons. The minimum absolute atomic E-state index is 0.204. The molecule has 16 heteroatoms. The molecule has 0 aliphatic heterocycles. The number of thiophene rings is 6. The summed E-state index contributed by atoms with van der Waals surface area (Å²) in [6.45, 7) is 21.5. The van der Waals surface area contributed by atoms with Crippen LogP contribution in [0.3, 0.4) is 0 Å². The molecular weight excluding hydrogens is 721 g/mol. The Morgan fingerprint density at radius 2 is 1.12 bits per heavy atom. The lowest BCUT2D eigenvalue weighted by Crippen LogP contribution is -1.85. The van der Waals surface area contributed by atoms with Gasteiger partial charge in [-0.05, 0) is 25.3 Å². The summed E-state index contributed by atoms with van der Waals surface area (Å²) in [7, 11) is 7.46. The molecule has 48 heavy (non-hydrogen) atoms. The summed E-state index contributed by atoms with van der Waals surface area (Å²) in [5.74, 6) is 0.918. The monoisotopic (exact) mass is 736 g/mol. The number of hydrogen-bond donors (Lipinski definition) is 0. The number of ether oxygens (including phenoxy) is 2. The van der Waals surface area contributed by atoms with Gasteiger partial charge in [0.1, 0.15) is 17.6 Å². The number of nitriles is 1. The quantitative estimate of drug-likeness (QED) is 0.0967. The maximum atomic E-state index is 9.16. The largest absolute Gasteiger partial charge is 0.635 e. The summed E-state index contributed by atoms with van der Waals surface area (Å²) in [5.41, 5.74) is 4.74. The van der Waals surface area contributed by atoms with Gasteiger partial charge in [0.2, 0.25) is 5.00 Å². The minimum atomic E-state index is -0.219. The molecule has 0 aliphatic carbocycles. The first-order valence-corrected chi connectivity index (χ1v) is 18.6. The van der Waals surface area contributed by atoms with Crippen molar-refractivity contribution in [3.8, 4) is 37.1 Å². The summed E-state index contributed by atoms with van der Waals surface area (Å²) < 4.78 is 23.4. The molecule has 8 rings (SSSR count). The second kappa shape index (κ2) is 11.3. The zero-order chi connectivity index (χ0) is 33.4. The summed E-state index contributed by atoms with van der Waals surface area (Å²) in [6, 6.07) is 9.75. The smallest absolute Gasteiger partial charge is 0.495 e. The molecule has 0 fully saturated rings. The van der Waals surface area contributed by atoms with Crippen LogP contribution >= 0.6 is 68.0 Å². The van der Waals surface area contributed by atoms with Crippen molar-refractivity contribution in [1.29, 1.82) is 5.26 Å². The van der Waals surface area contributed by atoms with Crippen LogP contribution in [0.4, 0.5) is 10.0 Å². The Balaban J connectivity index is 1.25. The van der Waals surface area contributed by atoms with Crippen LogP contribution in [-0.2, 0) is 14.1 Å². The number of guanidine groups is 1. The van der Waals surface area contributed by atoms with E-state index in [0.29, 0.717) is 21.5 Å². The number of aromatic nitrogens is 2. The summed E-state index contributed by atoms with van der Waals surface area (Å²) >= 11 is 9.90. The van der Waals surface area contributed by atoms with E-state index in [-0.39, 0.29) is 11.8 Å². The topological polar surface area (TPSA) is 89.9 Å². The normalized spacial score (nSPS) is 11.8. The van der Waals surface area contributed by atoms with Crippen LogP contribution in [0.1, 0.15) is 0 Å². The van der Waals surface area contributed by atoms with E-state index in [1.807, 2.05) is 28.7 Å². The van der Waals surface area contributed by atoms with E-state index in [1.54, 1.807) is 49.0 Å². The molecule has 0 spiro atoms. The van der Waals surface area contributed by atoms with Crippen molar-refractivity contribution in [3.05, 3.63) is 58.5 Å². The van der Waals surface area contributed by atoms with E-state index in [4.69, 9.17) is 34.5 Å². The minimum Gasteiger partial charge on any atom is -0.495 e. The van der Waals surface area contributed by atoms with Crippen molar-refractivity contribution < 1.29 is 9.47 Å². The van der Waals surface area contributed by atoms with Crippen LogP contribution in [0.5, 0.6) is 11.5 Å². The van der Waals surface area contributed by atoms with Crippen molar-refractivity contribution >= 4 is 140 Å². The average Bonchev–Trinajstić information content (AvgIpc) is 3.94. The van der Waals surface area contributed by atoms with Crippen molar-refractivity contribution in [2.75, 3.05) is 14.2 Å². The molecule has 0 saturated heterocycles. The molecule has 0 saturated carbocycles. The Kier molecular flexibility index (Phi) is 7.13. The zero-order valence-electron chi connectivity index (χ0n) is 25.2. The van der Waals surface area contributed by atoms with Gasteiger partial charge in [-0.2, -0.15) is 0 Å². The van der Waals surface area contributed by atoms with E-state index >= 15 is 0 Å². The van der Waals surface area contributed by atoms with Crippen LogP contribution < -0.4 is 9.47 Å². The fourth-order valence-electron chi connectivity index (χ4n) is 5.71. The number of amidine groups is 1. The van der Waals surface area contributed by atoms with Crippen molar-refractivity contribution in [3.63, 3.8) is 0 Å². The van der Waals surface area contributed by atoms with E-state index in [9.17, 15) is 0 Å². The molecule has 8 aromatic heterocycles. The summed E-state index contributed by atoms with van der Waals surface area (Å²) in [4.78, 5) is 21.9. The Morgan fingerprint density at radius 3 is 1.54 bits per heavy atom. The second-order valence-corrected chi connectivity index (χ2v) is 16.5. The number of aliphatic imine (C=N–C) groups is 2. The van der Waals surface area contributed by atoms with Gasteiger partial charge in [0.15, 0.2) is 0 Å². The van der Waals surface area contributed by atoms with Gasteiger partial charge < -0.3 is 23.5 Å². The molecule has 8 heterocycles.